The molecule has 2 N–H and O–H groups in total. The summed E-state index contributed by atoms with van der Waals surface area (Å²) >= 11 is 1.53. The number of thiophene rings is 1. The average molecular weight is 387 g/mol. The van der Waals surface area contributed by atoms with Crippen molar-refractivity contribution in [3.05, 3.63) is 62.6 Å². The molecule has 1 aliphatic heterocycles. The molecule has 0 aliphatic carbocycles. The Morgan fingerprint density at radius 2 is 2.30 bits per heavy atom. The molecule has 4 rings (SSSR count). The monoisotopic (exact) mass is 387 g/mol. The molecule has 27 heavy (non-hydrogen) atoms. The molecule has 2 aromatic heterocycles. The highest BCUT2D eigenvalue weighted by atomic mass is 32.1. The molecule has 0 spiro atoms. The number of aromatic nitrogens is 2. The first kappa shape index (κ1) is 17.7. The van der Waals surface area contributed by atoms with Gasteiger partial charge in [-0.2, -0.15) is 0 Å². The largest absolute Gasteiger partial charge is 0.502 e. The number of benzene rings is 1. The van der Waals surface area contributed by atoms with E-state index < -0.39 is 11.6 Å². The summed E-state index contributed by atoms with van der Waals surface area (Å²) in [6, 6.07) is 6.75. The molecule has 1 aliphatic rings. The molecule has 0 saturated carbocycles. The third-order valence-corrected chi connectivity index (χ3v) is 5.49. The van der Waals surface area contributed by atoms with E-state index in [1.807, 2.05) is 17.5 Å². The molecule has 140 valence electrons. The summed E-state index contributed by atoms with van der Waals surface area (Å²) in [5.74, 6) is -0.510. The topological polar surface area (TPSA) is 78.5 Å². The van der Waals surface area contributed by atoms with E-state index in [2.05, 4.69) is 14.9 Å². The third-order valence-electron chi connectivity index (χ3n) is 4.62. The van der Waals surface area contributed by atoms with Crippen LogP contribution in [0.1, 0.15) is 16.8 Å². The van der Waals surface area contributed by atoms with Gasteiger partial charge in [-0.15, -0.1) is 11.3 Å². The van der Waals surface area contributed by atoms with Crippen LogP contribution in [-0.2, 0) is 19.5 Å². The van der Waals surface area contributed by atoms with Crippen LogP contribution in [0, 0.1) is 5.82 Å². The lowest BCUT2D eigenvalue weighted by Gasteiger charge is -2.27. The van der Waals surface area contributed by atoms with E-state index in [1.165, 1.54) is 24.5 Å². The quantitative estimate of drug-likeness (QED) is 0.720. The molecule has 3 heterocycles. The number of hydrogen-bond acceptors (Lipinski definition) is 6. The average Bonchev–Trinajstić information content (AvgIpc) is 3.19. The Morgan fingerprint density at radius 1 is 1.44 bits per heavy atom. The van der Waals surface area contributed by atoms with Gasteiger partial charge in [0.05, 0.1) is 23.2 Å². The summed E-state index contributed by atoms with van der Waals surface area (Å²) in [6.45, 7) is 1.59. The molecular weight excluding hydrogens is 369 g/mol. The molecule has 0 fully saturated rings. The van der Waals surface area contributed by atoms with Gasteiger partial charge in [0.15, 0.2) is 23.1 Å². The molecule has 1 aromatic carbocycles. The number of nitrogens with one attached hydrogen (secondary N) is 1. The Balaban J connectivity index is 1.57. The van der Waals surface area contributed by atoms with Crippen molar-refractivity contribution >= 4 is 11.3 Å². The van der Waals surface area contributed by atoms with E-state index in [9.17, 15) is 14.3 Å². The number of aromatic amines is 1. The van der Waals surface area contributed by atoms with Crippen LogP contribution in [0.15, 0.2) is 34.4 Å². The third kappa shape index (κ3) is 3.45. The second-order valence-electron chi connectivity index (χ2n) is 6.41. The van der Waals surface area contributed by atoms with Gasteiger partial charge >= 0.3 is 0 Å². The minimum Gasteiger partial charge on any atom is -0.502 e. The second-order valence-corrected chi connectivity index (χ2v) is 7.35. The number of rotatable bonds is 4. The second kappa shape index (κ2) is 7.13. The highest BCUT2D eigenvalue weighted by Crippen LogP contribution is 2.31. The lowest BCUT2D eigenvalue weighted by Crippen LogP contribution is -2.35. The van der Waals surface area contributed by atoms with Gasteiger partial charge in [-0.05, 0) is 29.1 Å². The van der Waals surface area contributed by atoms with Crippen LogP contribution in [-0.4, -0.2) is 33.6 Å². The van der Waals surface area contributed by atoms with Gasteiger partial charge in [-0.3, -0.25) is 9.69 Å². The van der Waals surface area contributed by atoms with Crippen LogP contribution in [0.2, 0.25) is 0 Å². The molecule has 8 heteroatoms. The van der Waals surface area contributed by atoms with E-state index in [0.717, 1.165) is 10.6 Å². The highest BCUT2D eigenvalue weighted by Gasteiger charge is 2.22. The first-order valence-electron chi connectivity index (χ1n) is 8.49. The van der Waals surface area contributed by atoms with E-state index in [-0.39, 0.29) is 11.3 Å². The number of phenolic OH excluding ortho intramolecular Hbond substituents is 1. The molecular formula is C19H18FN3O3S. The van der Waals surface area contributed by atoms with Crippen LogP contribution in [0.5, 0.6) is 11.5 Å². The Labute approximate surface area is 158 Å². The van der Waals surface area contributed by atoms with Crippen molar-refractivity contribution in [1.82, 2.24) is 14.9 Å². The smallest absolute Gasteiger partial charge is 0.255 e. The van der Waals surface area contributed by atoms with E-state index in [4.69, 9.17) is 4.74 Å². The normalized spacial score (nSPS) is 14.1. The fourth-order valence-electron chi connectivity index (χ4n) is 3.28. The summed E-state index contributed by atoms with van der Waals surface area (Å²) in [6.07, 6.45) is 0.648. The molecule has 0 atom stereocenters. The van der Waals surface area contributed by atoms with Crippen LogP contribution in [0.3, 0.4) is 0 Å². The zero-order valence-corrected chi connectivity index (χ0v) is 15.5. The number of hydrogen-bond donors (Lipinski definition) is 2. The first-order valence-corrected chi connectivity index (χ1v) is 9.37. The van der Waals surface area contributed by atoms with E-state index in [0.29, 0.717) is 43.0 Å². The van der Waals surface area contributed by atoms with Gasteiger partial charge in [0, 0.05) is 26.1 Å². The van der Waals surface area contributed by atoms with Crippen LogP contribution >= 0.6 is 11.3 Å². The van der Waals surface area contributed by atoms with Crippen molar-refractivity contribution < 1.29 is 14.2 Å². The van der Waals surface area contributed by atoms with Crippen molar-refractivity contribution in [2.45, 2.75) is 19.5 Å². The Bertz CT molecular complexity index is 1030. The zero-order valence-electron chi connectivity index (χ0n) is 14.7. The number of ether oxygens (including phenoxy) is 1. The van der Waals surface area contributed by atoms with E-state index >= 15 is 0 Å². The van der Waals surface area contributed by atoms with Crippen molar-refractivity contribution in [3.63, 3.8) is 0 Å². The molecule has 0 amide bonds. The maximum Gasteiger partial charge on any atom is 0.255 e. The number of H-pyrrole nitrogens is 1. The maximum atomic E-state index is 13.9. The Hall–Kier alpha value is -2.71. The van der Waals surface area contributed by atoms with Gasteiger partial charge < -0.3 is 14.8 Å². The van der Waals surface area contributed by atoms with Gasteiger partial charge in [0.25, 0.3) is 5.56 Å². The molecule has 0 unspecified atom stereocenters. The molecule has 0 saturated heterocycles. The summed E-state index contributed by atoms with van der Waals surface area (Å²) in [7, 11) is 1.38. The van der Waals surface area contributed by atoms with Crippen LogP contribution in [0.4, 0.5) is 4.39 Å². The number of fused-ring (bicyclic) bond motifs is 1. The van der Waals surface area contributed by atoms with Gasteiger partial charge in [-0.25, -0.2) is 9.37 Å². The maximum absolute atomic E-state index is 13.9. The lowest BCUT2D eigenvalue weighted by molar-refractivity contribution is 0.240. The first-order chi connectivity index (χ1) is 13.0. The SMILES string of the molecule is COc1cc(CN2CCc3nc(-c4cccs4)[nH]c(=O)c3C2)cc(F)c1O. The fourth-order valence-corrected chi connectivity index (χ4v) is 3.95. The number of methoxy groups -OCH3 is 1. The number of halogens is 1. The molecule has 0 radical (unpaired) electrons. The predicted molar refractivity (Wildman–Crippen MR) is 101 cm³/mol. The summed E-state index contributed by atoms with van der Waals surface area (Å²) in [5, 5.41) is 11.6. The molecule has 6 nitrogen and oxygen atoms in total. The Kier molecular flexibility index (Phi) is 4.67. The minimum atomic E-state index is -0.720. The number of nitrogens with zero attached hydrogens (tertiary/aromatic N) is 2. The lowest BCUT2D eigenvalue weighted by atomic mass is 10.1. The molecule has 3 aromatic rings. The predicted octanol–water partition coefficient (Wildman–Crippen LogP) is 2.91. The van der Waals surface area contributed by atoms with Crippen molar-refractivity contribution in [1.29, 1.82) is 0 Å². The fraction of sp³-hybridized carbons (Fsp3) is 0.263. The van der Waals surface area contributed by atoms with Gasteiger partial charge in [0.1, 0.15) is 0 Å². The van der Waals surface area contributed by atoms with Gasteiger partial charge in [0.2, 0.25) is 0 Å². The standard InChI is InChI=1S/C19H18FN3O3S/c1-26-15-8-11(7-13(20)17(15)24)9-23-5-4-14-12(10-23)19(25)22-18(21-14)16-3-2-6-27-16/h2-3,6-8,24H,4-5,9-10H2,1H3,(H,21,22,25). The van der Waals surface area contributed by atoms with Crippen LogP contribution in [0.25, 0.3) is 10.7 Å². The highest BCUT2D eigenvalue weighted by molar-refractivity contribution is 7.13. The van der Waals surface area contributed by atoms with Crippen molar-refractivity contribution in [2.24, 2.45) is 0 Å². The van der Waals surface area contributed by atoms with Crippen molar-refractivity contribution in [3.8, 4) is 22.2 Å². The van der Waals surface area contributed by atoms with E-state index in [1.54, 1.807) is 6.07 Å². The molecule has 0 bridgehead atoms. The van der Waals surface area contributed by atoms with Crippen LogP contribution < -0.4 is 10.3 Å². The van der Waals surface area contributed by atoms with Crippen molar-refractivity contribution in [2.75, 3.05) is 13.7 Å². The zero-order chi connectivity index (χ0) is 19.0. The number of aromatic hydroxyl groups is 1. The Morgan fingerprint density at radius 3 is 3.04 bits per heavy atom. The summed E-state index contributed by atoms with van der Waals surface area (Å²) < 4.78 is 18.9. The number of phenols is 1. The minimum absolute atomic E-state index is 0.0995. The summed E-state index contributed by atoms with van der Waals surface area (Å²) in [4.78, 5) is 23.0. The summed E-state index contributed by atoms with van der Waals surface area (Å²) in [5.41, 5.74) is 1.99. The van der Waals surface area contributed by atoms with Gasteiger partial charge in [-0.1, -0.05) is 6.07 Å².